The topological polar surface area (TPSA) is 43.1 Å². The van der Waals surface area contributed by atoms with E-state index in [4.69, 9.17) is 10.5 Å². The Kier molecular flexibility index (Phi) is 9.60. The zero-order valence-electron chi connectivity index (χ0n) is 18.2. The molecule has 0 saturated carbocycles. The van der Waals surface area contributed by atoms with E-state index in [9.17, 15) is 0 Å². The zero-order valence-corrected chi connectivity index (χ0v) is 18.2. The predicted octanol–water partition coefficient (Wildman–Crippen LogP) is 7.27. The van der Waals surface area contributed by atoms with Crippen LogP contribution in [0.3, 0.4) is 0 Å². The summed E-state index contributed by atoms with van der Waals surface area (Å²) >= 11 is 0. The molecule has 30 heavy (non-hydrogen) atoms. The van der Waals surface area contributed by atoms with E-state index in [0.29, 0.717) is 6.29 Å². The second kappa shape index (κ2) is 12.4. The van der Waals surface area contributed by atoms with Crippen LogP contribution in [0.15, 0.2) is 79.4 Å². The van der Waals surface area contributed by atoms with E-state index in [1.54, 1.807) is 0 Å². The van der Waals surface area contributed by atoms with Crippen LogP contribution in [0.1, 0.15) is 44.2 Å². The van der Waals surface area contributed by atoms with Crippen molar-refractivity contribution < 1.29 is 4.79 Å². The maximum absolute atomic E-state index is 9.06. The fraction of sp³-hybridized carbons (Fsp3) is 0.250. The molecule has 0 aliphatic heterocycles. The number of benzene rings is 3. The SMILES string of the molecule is C=CC=O.CCCCCc1ccc(-c2ccc(-c3ccc(N)cc3)cc2CC)cc1. The molecule has 0 aromatic heterocycles. The number of anilines is 1. The van der Waals surface area contributed by atoms with Crippen molar-refractivity contribution in [1.82, 2.24) is 0 Å². The Morgan fingerprint density at radius 1 is 0.833 bits per heavy atom. The number of nitrogen functional groups attached to an aromatic ring is 1. The summed E-state index contributed by atoms with van der Waals surface area (Å²) in [6.45, 7) is 7.59. The average Bonchev–Trinajstić information content (AvgIpc) is 2.80. The molecule has 2 N–H and O–H groups in total. The number of aryl methyl sites for hydroxylation is 2. The standard InChI is InChI=1S/C25H29N.C3H4O/c1-3-5-6-7-19-8-10-22(11-9-19)25-17-14-23(18-20(25)4-2)21-12-15-24(26)16-13-21;1-2-3-4/h8-18H,3-7,26H2,1-2H3;2-3H,1H2. The summed E-state index contributed by atoms with van der Waals surface area (Å²) in [4.78, 5) is 9.06. The van der Waals surface area contributed by atoms with Crippen LogP contribution in [-0.2, 0) is 17.6 Å². The maximum atomic E-state index is 9.06. The highest BCUT2D eigenvalue weighted by Crippen LogP contribution is 2.30. The minimum Gasteiger partial charge on any atom is -0.399 e. The van der Waals surface area contributed by atoms with Gasteiger partial charge in [-0.1, -0.05) is 87.9 Å². The fourth-order valence-corrected chi connectivity index (χ4v) is 3.45. The van der Waals surface area contributed by atoms with Crippen molar-refractivity contribution in [2.24, 2.45) is 0 Å². The van der Waals surface area contributed by atoms with Gasteiger partial charge in [0.15, 0.2) is 0 Å². The van der Waals surface area contributed by atoms with E-state index in [1.807, 2.05) is 12.1 Å². The lowest BCUT2D eigenvalue weighted by atomic mass is 9.93. The smallest absolute Gasteiger partial charge is 0.142 e. The third-order valence-electron chi connectivity index (χ3n) is 5.16. The third-order valence-corrected chi connectivity index (χ3v) is 5.16. The monoisotopic (exact) mass is 399 g/mol. The van der Waals surface area contributed by atoms with Gasteiger partial charge in [-0.3, -0.25) is 4.79 Å². The summed E-state index contributed by atoms with van der Waals surface area (Å²) < 4.78 is 0. The third kappa shape index (κ3) is 6.73. The lowest BCUT2D eigenvalue weighted by molar-refractivity contribution is -0.104. The van der Waals surface area contributed by atoms with Gasteiger partial charge >= 0.3 is 0 Å². The fourth-order valence-electron chi connectivity index (χ4n) is 3.45. The van der Waals surface area contributed by atoms with E-state index >= 15 is 0 Å². The van der Waals surface area contributed by atoms with Gasteiger partial charge < -0.3 is 5.73 Å². The van der Waals surface area contributed by atoms with Crippen molar-refractivity contribution in [3.05, 3.63) is 90.5 Å². The molecule has 0 bridgehead atoms. The normalized spacial score (nSPS) is 10.1. The Balaban J connectivity index is 0.000000735. The quantitative estimate of drug-likeness (QED) is 0.187. The molecule has 0 aliphatic carbocycles. The van der Waals surface area contributed by atoms with Crippen molar-refractivity contribution in [1.29, 1.82) is 0 Å². The van der Waals surface area contributed by atoms with Crippen LogP contribution in [0.5, 0.6) is 0 Å². The number of rotatable bonds is 8. The van der Waals surface area contributed by atoms with Gasteiger partial charge in [-0.25, -0.2) is 0 Å². The highest BCUT2D eigenvalue weighted by molar-refractivity contribution is 5.74. The van der Waals surface area contributed by atoms with E-state index in [2.05, 4.69) is 75.0 Å². The van der Waals surface area contributed by atoms with Crippen molar-refractivity contribution in [3.63, 3.8) is 0 Å². The first kappa shape index (κ1) is 23.2. The Morgan fingerprint density at radius 2 is 1.43 bits per heavy atom. The van der Waals surface area contributed by atoms with Gasteiger partial charge in [-0.05, 0) is 70.9 Å². The molecular formula is C28H33NO. The van der Waals surface area contributed by atoms with Crippen LogP contribution in [0.25, 0.3) is 22.3 Å². The van der Waals surface area contributed by atoms with Crippen LogP contribution in [0.4, 0.5) is 5.69 Å². The molecule has 0 unspecified atom stereocenters. The summed E-state index contributed by atoms with van der Waals surface area (Å²) in [5, 5.41) is 0. The molecule has 0 fully saturated rings. The van der Waals surface area contributed by atoms with Crippen molar-refractivity contribution >= 4 is 12.0 Å². The first-order valence-electron chi connectivity index (χ1n) is 10.8. The number of unbranched alkanes of at least 4 members (excludes halogenated alkanes) is 2. The molecule has 0 amide bonds. The molecule has 0 spiro atoms. The van der Waals surface area contributed by atoms with Crippen LogP contribution in [0.2, 0.25) is 0 Å². The van der Waals surface area contributed by atoms with Crippen LogP contribution in [-0.4, -0.2) is 6.29 Å². The largest absolute Gasteiger partial charge is 0.399 e. The molecule has 0 atom stereocenters. The van der Waals surface area contributed by atoms with E-state index in [1.165, 1.54) is 65.1 Å². The molecule has 3 aromatic rings. The summed E-state index contributed by atoms with van der Waals surface area (Å²) in [6, 6.07) is 24.0. The van der Waals surface area contributed by atoms with Gasteiger partial charge in [0.05, 0.1) is 0 Å². The zero-order chi connectivity index (χ0) is 21.8. The number of carbonyl (C=O) groups excluding carboxylic acids is 1. The predicted molar refractivity (Wildman–Crippen MR) is 131 cm³/mol. The highest BCUT2D eigenvalue weighted by atomic mass is 16.1. The number of carbonyl (C=O) groups is 1. The average molecular weight is 400 g/mol. The number of hydrogen-bond acceptors (Lipinski definition) is 2. The summed E-state index contributed by atoms with van der Waals surface area (Å²) in [5.74, 6) is 0. The molecular weight excluding hydrogens is 366 g/mol. The van der Waals surface area contributed by atoms with Gasteiger partial charge in [0.2, 0.25) is 0 Å². The molecule has 0 saturated heterocycles. The number of hydrogen-bond donors (Lipinski definition) is 1. The second-order valence-corrected chi connectivity index (χ2v) is 7.37. The molecule has 3 rings (SSSR count). The first-order valence-corrected chi connectivity index (χ1v) is 10.8. The molecule has 0 aliphatic rings. The Labute approximate surface area is 181 Å². The van der Waals surface area contributed by atoms with Crippen molar-refractivity contribution in [2.75, 3.05) is 5.73 Å². The Hall–Kier alpha value is -3.13. The van der Waals surface area contributed by atoms with Crippen molar-refractivity contribution in [2.45, 2.75) is 46.0 Å². The first-order chi connectivity index (χ1) is 14.6. The summed E-state index contributed by atoms with van der Waals surface area (Å²) in [7, 11) is 0. The summed E-state index contributed by atoms with van der Waals surface area (Å²) in [6.07, 6.45) is 7.92. The van der Waals surface area contributed by atoms with Gasteiger partial charge in [0.1, 0.15) is 6.29 Å². The Morgan fingerprint density at radius 3 is 2.00 bits per heavy atom. The van der Waals surface area contributed by atoms with Gasteiger partial charge in [-0.2, -0.15) is 0 Å². The van der Waals surface area contributed by atoms with E-state index in [0.717, 1.165) is 12.1 Å². The second-order valence-electron chi connectivity index (χ2n) is 7.37. The molecule has 2 heteroatoms. The summed E-state index contributed by atoms with van der Waals surface area (Å²) in [5.41, 5.74) is 14.6. The number of allylic oxidation sites excluding steroid dienone is 1. The van der Waals surface area contributed by atoms with Crippen LogP contribution < -0.4 is 5.73 Å². The highest BCUT2D eigenvalue weighted by Gasteiger charge is 2.07. The lowest BCUT2D eigenvalue weighted by Gasteiger charge is -2.12. The van der Waals surface area contributed by atoms with E-state index < -0.39 is 0 Å². The minimum atomic E-state index is 0.639. The van der Waals surface area contributed by atoms with Crippen LogP contribution >= 0.6 is 0 Å². The van der Waals surface area contributed by atoms with Gasteiger partial charge in [-0.15, -0.1) is 0 Å². The van der Waals surface area contributed by atoms with Crippen molar-refractivity contribution in [3.8, 4) is 22.3 Å². The van der Waals surface area contributed by atoms with Gasteiger partial charge in [0.25, 0.3) is 0 Å². The molecule has 3 aromatic carbocycles. The molecule has 0 radical (unpaired) electrons. The van der Waals surface area contributed by atoms with Crippen LogP contribution in [0, 0.1) is 0 Å². The van der Waals surface area contributed by atoms with Gasteiger partial charge in [0, 0.05) is 5.69 Å². The molecule has 2 nitrogen and oxygen atoms in total. The Bertz CT molecular complexity index is 918. The molecule has 0 heterocycles. The number of nitrogens with two attached hydrogens (primary N) is 1. The van der Waals surface area contributed by atoms with E-state index in [-0.39, 0.29) is 0 Å². The number of aldehydes is 1. The molecule has 156 valence electrons. The minimum absolute atomic E-state index is 0.639. The maximum Gasteiger partial charge on any atom is 0.142 e. The lowest BCUT2D eigenvalue weighted by Crippen LogP contribution is -1.91.